The van der Waals surface area contributed by atoms with Crippen LogP contribution in [0.25, 0.3) is 32.8 Å². The van der Waals surface area contributed by atoms with Gasteiger partial charge in [0.1, 0.15) is 16.3 Å². The van der Waals surface area contributed by atoms with Gasteiger partial charge in [0.2, 0.25) is 0 Å². The second-order valence-electron chi connectivity index (χ2n) is 8.30. The molecule has 9 heteroatoms. The number of rotatable bonds is 5. The third-order valence-electron chi connectivity index (χ3n) is 6.06. The van der Waals surface area contributed by atoms with E-state index >= 15 is 0 Å². The molecule has 1 aliphatic heterocycles. The van der Waals surface area contributed by atoms with Crippen LogP contribution in [0.5, 0.6) is 5.75 Å². The van der Waals surface area contributed by atoms with Crippen LogP contribution >= 0.6 is 11.3 Å². The molecule has 0 atom stereocenters. The molecule has 180 valence electrons. The number of piperazine rings is 1. The van der Waals surface area contributed by atoms with E-state index in [0.29, 0.717) is 66.4 Å². The molecule has 4 aromatic rings. The first-order valence-electron chi connectivity index (χ1n) is 11.5. The van der Waals surface area contributed by atoms with E-state index in [1.807, 2.05) is 35.7 Å². The highest BCUT2D eigenvalue weighted by Crippen LogP contribution is 2.32. The highest BCUT2D eigenvalue weighted by atomic mass is 32.1. The summed E-state index contributed by atoms with van der Waals surface area (Å²) in [5.74, 6) is 0.0711. The number of thiazole rings is 1. The van der Waals surface area contributed by atoms with E-state index in [1.54, 1.807) is 30.0 Å². The van der Waals surface area contributed by atoms with Crippen LogP contribution in [0.3, 0.4) is 0 Å². The Hall–Kier alpha value is -3.69. The summed E-state index contributed by atoms with van der Waals surface area (Å²) in [4.78, 5) is 33.3. The summed E-state index contributed by atoms with van der Waals surface area (Å²) >= 11 is 1.39. The molecule has 0 aliphatic carbocycles. The van der Waals surface area contributed by atoms with Crippen LogP contribution in [0.2, 0.25) is 0 Å². The van der Waals surface area contributed by atoms with Crippen molar-refractivity contribution in [3.05, 3.63) is 69.9 Å². The molecule has 35 heavy (non-hydrogen) atoms. The van der Waals surface area contributed by atoms with Crippen molar-refractivity contribution in [2.24, 2.45) is 0 Å². The fourth-order valence-electron chi connectivity index (χ4n) is 4.20. The SMILES string of the molecule is CCOC(=O)N1CCN(Cc2c(O)ccc3cc(-c4nc(-c5ccccc5)cs4)c(=O)oc23)CC1. The number of benzene rings is 2. The molecule has 0 unspecified atom stereocenters. The van der Waals surface area contributed by atoms with Crippen LogP contribution in [0, 0.1) is 0 Å². The summed E-state index contributed by atoms with van der Waals surface area (Å²) in [5.41, 5.74) is 2.61. The van der Waals surface area contributed by atoms with Crippen LogP contribution < -0.4 is 5.63 Å². The quantitative estimate of drug-likeness (QED) is 0.409. The van der Waals surface area contributed by atoms with Gasteiger partial charge in [-0.05, 0) is 25.1 Å². The molecule has 1 saturated heterocycles. The molecule has 8 nitrogen and oxygen atoms in total. The molecule has 0 spiro atoms. The number of aromatic hydroxyl groups is 1. The van der Waals surface area contributed by atoms with Gasteiger partial charge in [0.25, 0.3) is 0 Å². The Morgan fingerprint density at radius 1 is 1.14 bits per heavy atom. The van der Waals surface area contributed by atoms with Gasteiger partial charge in [0.05, 0.1) is 23.4 Å². The Kier molecular flexibility index (Phi) is 6.52. The van der Waals surface area contributed by atoms with Crippen LogP contribution in [-0.4, -0.2) is 58.8 Å². The minimum atomic E-state index is -0.495. The summed E-state index contributed by atoms with van der Waals surface area (Å²) in [5, 5.41) is 13.8. The van der Waals surface area contributed by atoms with E-state index in [2.05, 4.69) is 9.88 Å². The summed E-state index contributed by atoms with van der Waals surface area (Å²) in [6.07, 6.45) is -0.309. The predicted molar refractivity (Wildman–Crippen MR) is 135 cm³/mol. The molecule has 1 aliphatic rings. The number of carbonyl (C=O) groups is 1. The number of hydrogen-bond donors (Lipinski definition) is 1. The van der Waals surface area contributed by atoms with Gasteiger partial charge in [-0.15, -0.1) is 11.3 Å². The third-order valence-corrected chi connectivity index (χ3v) is 6.94. The number of nitrogens with zero attached hydrogens (tertiary/aromatic N) is 3. The number of ether oxygens (including phenoxy) is 1. The Morgan fingerprint density at radius 2 is 1.91 bits per heavy atom. The molecule has 1 fully saturated rings. The standard InChI is InChI=1S/C26H25N3O5S/c1-2-33-26(32)29-12-10-28(11-13-29)15-20-22(30)9-8-18-14-19(25(31)34-23(18)20)24-27-21(16-35-24)17-6-4-3-5-7-17/h3-9,14,16,30H,2,10-13,15H2,1H3. The molecule has 5 rings (SSSR count). The van der Waals surface area contributed by atoms with Gasteiger partial charge in [-0.1, -0.05) is 30.3 Å². The molecule has 0 bridgehead atoms. The highest BCUT2D eigenvalue weighted by molar-refractivity contribution is 7.13. The number of phenolic OH excluding ortho intramolecular Hbond substituents is 1. The van der Waals surface area contributed by atoms with E-state index in [-0.39, 0.29) is 11.8 Å². The van der Waals surface area contributed by atoms with E-state index in [9.17, 15) is 14.7 Å². The predicted octanol–water partition coefficient (Wildman–Crippen LogP) is 4.56. The molecule has 0 saturated carbocycles. The summed E-state index contributed by atoms with van der Waals surface area (Å²) < 4.78 is 10.8. The topological polar surface area (TPSA) is 96.1 Å². The number of amides is 1. The minimum absolute atomic E-state index is 0.0711. The number of hydrogen-bond acceptors (Lipinski definition) is 8. The average molecular weight is 492 g/mol. The van der Waals surface area contributed by atoms with Crippen LogP contribution in [-0.2, 0) is 11.3 Å². The van der Waals surface area contributed by atoms with E-state index < -0.39 is 5.63 Å². The van der Waals surface area contributed by atoms with Gasteiger partial charge < -0.3 is 19.2 Å². The molecular formula is C26H25N3O5S. The second kappa shape index (κ2) is 9.89. The van der Waals surface area contributed by atoms with Gasteiger partial charge in [-0.3, -0.25) is 4.90 Å². The molecule has 2 aromatic heterocycles. The van der Waals surface area contributed by atoms with Gasteiger partial charge >= 0.3 is 11.7 Å². The van der Waals surface area contributed by atoms with Gasteiger partial charge in [-0.2, -0.15) is 0 Å². The van der Waals surface area contributed by atoms with E-state index in [1.165, 1.54) is 11.3 Å². The van der Waals surface area contributed by atoms with Crippen molar-refractivity contribution >= 4 is 28.4 Å². The maximum Gasteiger partial charge on any atom is 0.409 e. The van der Waals surface area contributed by atoms with Crippen molar-refractivity contribution in [2.45, 2.75) is 13.5 Å². The second-order valence-corrected chi connectivity index (χ2v) is 9.15. The van der Waals surface area contributed by atoms with Crippen LogP contribution in [0.1, 0.15) is 12.5 Å². The summed E-state index contributed by atoms with van der Waals surface area (Å²) in [6.45, 7) is 4.85. The molecular weight excluding hydrogens is 466 g/mol. The molecule has 2 aromatic carbocycles. The number of phenols is 1. The van der Waals surface area contributed by atoms with Gasteiger partial charge in [-0.25, -0.2) is 14.6 Å². The lowest BCUT2D eigenvalue weighted by atomic mass is 10.1. The monoisotopic (exact) mass is 491 g/mol. The number of fused-ring (bicyclic) bond motifs is 1. The van der Waals surface area contributed by atoms with Crippen molar-refractivity contribution in [1.29, 1.82) is 0 Å². The van der Waals surface area contributed by atoms with Crippen molar-refractivity contribution in [3.8, 4) is 27.6 Å². The zero-order chi connectivity index (χ0) is 24.4. The molecule has 3 heterocycles. The smallest absolute Gasteiger partial charge is 0.409 e. The van der Waals surface area contributed by atoms with Crippen molar-refractivity contribution in [3.63, 3.8) is 0 Å². The zero-order valence-electron chi connectivity index (χ0n) is 19.3. The fourth-order valence-corrected chi connectivity index (χ4v) is 5.03. The minimum Gasteiger partial charge on any atom is -0.507 e. The lowest BCUT2D eigenvalue weighted by molar-refractivity contribution is 0.0776. The molecule has 1 amide bonds. The molecule has 0 radical (unpaired) electrons. The highest BCUT2D eigenvalue weighted by Gasteiger charge is 2.24. The first-order chi connectivity index (χ1) is 17.0. The van der Waals surface area contributed by atoms with Crippen molar-refractivity contribution < 1.29 is 19.1 Å². The average Bonchev–Trinajstić information content (AvgIpc) is 3.37. The lowest BCUT2D eigenvalue weighted by Crippen LogP contribution is -2.48. The maximum atomic E-state index is 13.0. The number of carbonyl (C=O) groups excluding carboxylic acids is 1. The first-order valence-corrected chi connectivity index (χ1v) is 12.4. The van der Waals surface area contributed by atoms with E-state index in [0.717, 1.165) is 11.3 Å². The van der Waals surface area contributed by atoms with Crippen molar-refractivity contribution in [2.75, 3.05) is 32.8 Å². The fraction of sp³-hybridized carbons (Fsp3) is 0.269. The first kappa shape index (κ1) is 23.1. The van der Waals surface area contributed by atoms with Crippen LogP contribution in [0.4, 0.5) is 4.79 Å². The molecule has 1 N–H and O–H groups in total. The Balaban J connectivity index is 1.40. The van der Waals surface area contributed by atoms with Crippen LogP contribution in [0.15, 0.2) is 63.1 Å². The summed E-state index contributed by atoms with van der Waals surface area (Å²) in [6, 6.07) is 14.9. The largest absolute Gasteiger partial charge is 0.507 e. The van der Waals surface area contributed by atoms with Gasteiger partial charge in [0.15, 0.2) is 0 Å². The zero-order valence-corrected chi connectivity index (χ0v) is 20.1. The van der Waals surface area contributed by atoms with Crippen molar-refractivity contribution in [1.82, 2.24) is 14.8 Å². The van der Waals surface area contributed by atoms with Gasteiger partial charge in [0, 0.05) is 49.1 Å². The summed E-state index contributed by atoms with van der Waals surface area (Å²) in [7, 11) is 0. The maximum absolute atomic E-state index is 13.0. The third kappa shape index (κ3) is 4.78. The Labute approximate surface area is 206 Å². The normalized spacial score (nSPS) is 14.4. The lowest BCUT2D eigenvalue weighted by Gasteiger charge is -2.34. The Morgan fingerprint density at radius 3 is 2.66 bits per heavy atom. The Bertz CT molecular complexity index is 1410. The number of aromatic nitrogens is 1. The van der Waals surface area contributed by atoms with E-state index in [4.69, 9.17) is 9.15 Å².